The van der Waals surface area contributed by atoms with E-state index in [0.29, 0.717) is 0 Å². The van der Waals surface area contributed by atoms with E-state index in [4.69, 9.17) is 15.3 Å². The summed E-state index contributed by atoms with van der Waals surface area (Å²) in [5.74, 6) is -1.81. The minimum Gasteiger partial charge on any atom is -0.508 e. The first-order valence-corrected chi connectivity index (χ1v) is 2.86. The molecule has 1 aromatic rings. The fraction of sp³-hybridized carbons (Fsp3) is 0. The maximum atomic E-state index is 10.3. The Labute approximate surface area is 84.4 Å². The van der Waals surface area contributed by atoms with Crippen LogP contribution in [-0.2, 0) is 17.1 Å². The Morgan fingerprint density at radius 1 is 1.23 bits per heavy atom. The first-order chi connectivity index (χ1) is 5.11. The van der Waals surface area contributed by atoms with Crippen molar-refractivity contribution in [2.45, 2.75) is 0 Å². The van der Waals surface area contributed by atoms with Gasteiger partial charge in [-0.15, -0.1) is 0 Å². The summed E-state index contributed by atoms with van der Waals surface area (Å²) in [6.07, 6.45) is 0. The molecule has 0 bridgehead atoms. The molecule has 1 aromatic carbocycles. The monoisotopic (exact) mass is 235 g/mol. The molecule has 6 heteroatoms. The van der Waals surface area contributed by atoms with Crippen LogP contribution in [0.4, 0.5) is 0 Å². The van der Waals surface area contributed by atoms with Crippen molar-refractivity contribution in [2.24, 2.45) is 0 Å². The largest absolute Gasteiger partial charge is 0.508 e. The van der Waals surface area contributed by atoms with Crippen LogP contribution in [0, 0.1) is 0 Å². The number of carboxylic acid groups (broad SMARTS) is 1. The summed E-state index contributed by atoms with van der Waals surface area (Å²) in [7, 11) is 0. The summed E-state index contributed by atoms with van der Waals surface area (Å²) in [4.78, 5) is 10.3. The van der Waals surface area contributed by atoms with Gasteiger partial charge >= 0.3 is 5.97 Å². The minimum atomic E-state index is -1.22. The van der Waals surface area contributed by atoms with Gasteiger partial charge in [-0.1, -0.05) is 0 Å². The number of aromatic carboxylic acids is 1. The molecule has 0 aromatic heterocycles. The molecule has 0 fully saturated rings. The van der Waals surface area contributed by atoms with Gasteiger partial charge in [0, 0.05) is 23.1 Å². The minimum absolute atomic E-state index is 0. The van der Waals surface area contributed by atoms with Crippen molar-refractivity contribution in [3.63, 3.8) is 0 Å². The first kappa shape index (κ1) is 14.3. The predicted octanol–water partition coefficient (Wildman–Crippen LogP) is -0.0312. The topological polar surface area (TPSA) is 109 Å². The normalized spacial score (nSPS) is 8.00. The van der Waals surface area contributed by atoms with E-state index in [1.54, 1.807) is 0 Å². The molecule has 0 aliphatic carbocycles. The molecule has 0 saturated carbocycles. The Morgan fingerprint density at radius 2 is 1.77 bits per heavy atom. The third kappa shape index (κ3) is 3.33. The van der Waals surface area contributed by atoms with Crippen molar-refractivity contribution in [3.05, 3.63) is 23.8 Å². The van der Waals surface area contributed by atoms with E-state index in [2.05, 4.69) is 0 Å². The van der Waals surface area contributed by atoms with Gasteiger partial charge in [-0.2, -0.15) is 0 Å². The second-order valence-corrected chi connectivity index (χ2v) is 2.01. The van der Waals surface area contributed by atoms with E-state index >= 15 is 0 Å². The van der Waals surface area contributed by atoms with Crippen molar-refractivity contribution in [3.8, 4) is 11.5 Å². The number of aromatic hydroxyl groups is 2. The molecule has 0 unspecified atom stereocenters. The molecule has 0 saturated heterocycles. The molecule has 1 rings (SSSR count). The average Bonchev–Trinajstić information content (AvgIpc) is 1.85. The smallest absolute Gasteiger partial charge is 0.339 e. The van der Waals surface area contributed by atoms with Gasteiger partial charge in [0.05, 0.1) is 0 Å². The van der Waals surface area contributed by atoms with Crippen LogP contribution >= 0.6 is 0 Å². The van der Waals surface area contributed by atoms with Crippen LogP contribution in [0.3, 0.4) is 0 Å². The van der Waals surface area contributed by atoms with E-state index in [1.807, 2.05) is 0 Å². The van der Waals surface area contributed by atoms with Gasteiger partial charge in [0.15, 0.2) is 0 Å². The molecule has 0 heterocycles. The fourth-order valence-corrected chi connectivity index (χ4v) is 0.701. The Kier molecular flexibility index (Phi) is 5.96. The van der Waals surface area contributed by atoms with E-state index in [1.165, 1.54) is 6.07 Å². The fourth-order valence-electron chi connectivity index (χ4n) is 0.701. The van der Waals surface area contributed by atoms with Gasteiger partial charge < -0.3 is 20.8 Å². The number of hydrogen-bond donors (Lipinski definition) is 3. The summed E-state index contributed by atoms with van der Waals surface area (Å²) in [5.41, 5.74) is -0.220. The van der Waals surface area contributed by atoms with Crippen molar-refractivity contribution in [1.29, 1.82) is 0 Å². The molecule has 0 aliphatic heterocycles. The molecule has 0 spiro atoms. The number of benzene rings is 1. The number of phenols is 2. The second kappa shape index (κ2) is 5.42. The van der Waals surface area contributed by atoms with Crippen LogP contribution in [-0.4, -0.2) is 26.8 Å². The Bertz CT molecular complexity index is 299. The summed E-state index contributed by atoms with van der Waals surface area (Å²) in [6, 6.07) is 3.31. The molecule has 5 nitrogen and oxygen atoms in total. The zero-order chi connectivity index (χ0) is 8.43. The summed E-state index contributed by atoms with van der Waals surface area (Å²) in [6.45, 7) is 0. The quantitative estimate of drug-likeness (QED) is 0.594. The van der Waals surface area contributed by atoms with E-state index in [9.17, 15) is 4.79 Å². The Morgan fingerprint density at radius 3 is 2.15 bits per heavy atom. The van der Waals surface area contributed by atoms with Crippen molar-refractivity contribution < 1.29 is 42.7 Å². The van der Waals surface area contributed by atoms with E-state index in [-0.39, 0.29) is 33.9 Å². The van der Waals surface area contributed by atoms with Gasteiger partial charge in [-0.3, -0.25) is 0 Å². The Hall–Kier alpha value is -1.23. The van der Waals surface area contributed by atoms with Crippen molar-refractivity contribution in [1.82, 2.24) is 0 Å². The van der Waals surface area contributed by atoms with E-state index < -0.39 is 11.7 Å². The molecule has 1 radical (unpaired) electrons. The summed E-state index contributed by atoms with van der Waals surface area (Å²) in [5, 5.41) is 26.1. The van der Waals surface area contributed by atoms with Gasteiger partial charge in [0.2, 0.25) is 0 Å². The maximum absolute atomic E-state index is 10.3. The zero-order valence-electron chi connectivity index (χ0n) is 6.28. The van der Waals surface area contributed by atoms with Crippen LogP contribution < -0.4 is 0 Å². The predicted molar refractivity (Wildman–Crippen MR) is 40.3 cm³/mol. The zero-order valence-corrected chi connectivity index (χ0v) is 7.23. The molecule has 5 N–H and O–H groups in total. The SMILES string of the molecule is O.O=C(O)c1ccc(O)cc1O.[Cu]. The maximum Gasteiger partial charge on any atom is 0.339 e. The number of rotatable bonds is 1. The molecular formula is C7H8CuO5. The molecule has 13 heavy (non-hydrogen) atoms. The summed E-state index contributed by atoms with van der Waals surface area (Å²) < 4.78 is 0. The van der Waals surface area contributed by atoms with Crippen LogP contribution in [0.1, 0.15) is 10.4 Å². The standard InChI is InChI=1S/C7H6O4.Cu.H2O/c8-4-1-2-5(7(10)11)6(9)3-4;;/h1-3,8-9H,(H,10,11);;1H2. The number of hydrogen-bond acceptors (Lipinski definition) is 3. The molecule has 77 valence electrons. The first-order valence-electron chi connectivity index (χ1n) is 2.86. The van der Waals surface area contributed by atoms with Crippen LogP contribution in [0.5, 0.6) is 11.5 Å². The average molecular weight is 236 g/mol. The van der Waals surface area contributed by atoms with Crippen molar-refractivity contribution in [2.75, 3.05) is 0 Å². The van der Waals surface area contributed by atoms with Crippen LogP contribution in [0.2, 0.25) is 0 Å². The van der Waals surface area contributed by atoms with Gasteiger partial charge in [-0.25, -0.2) is 4.79 Å². The van der Waals surface area contributed by atoms with Crippen LogP contribution in [0.25, 0.3) is 0 Å². The van der Waals surface area contributed by atoms with E-state index in [0.717, 1.165) is 12.1 Å². The number of phenolic OH excluding ortho intramolecular Hbond substituents is 1. The number of carbonyl (C=O) groups is 1. The second-order valence-electron chi connectivity index (χ2n) is 2.01. The molecule has 0 atom stereocenters. The van der Waals surface area contributed by atoms with Gasteiger partial charge in [0.1, 0.15) is 17.1 Å². The molecular weight excluding hydrogens is 228 g/mol. The molecule has 0 aliphatic rings. The third-order valence-corrected chi connectivity index (χ3v) is 1.21. The Balaban J connectivity index is 0. The third-order valence-electron chi connectivity index (χ3n) is 1.21. The number of carboxylic acids is 1. The molecule has 0 amide bonds. The van der Waals surface area contributed by atoms with Gasteiger partial charge in [0.25, 0.3) is 0 Å². The van der Waals surface area contributed by atoms with Crippen molar-refractivity contribution >= 4 is 5.97 Å². The summed E-state index contributed by atoms with van der Waals surface area (Å²) >= 11 is 0. The van der Waals surface area contributed by atoms with Gasteiger partial charge in [-0.05, 0) is 12.1 Å². The van der Waals surface area contributed by atoms with Crippen LogP contribution in [0.15, 0.2) is 18.2 Å².